The molecule has 1 aliphatic rings. The quantitative estimate of drug-likeness (QED) is 0.590. The van der Waals surface area contributed by atoms with E-state index in [9.17, 15) is 9.59 Å². The molecule has 1 heterocycles. The Morgan fingerprint density at radius 2 is 1.76 bits per heavy atom. The number of hydrogen-bond acceptors (Lipinski definition) is 3. The molecule has 0 unspecified atom stereocenters. The number of amides is 2. The Kier molecular flexibility index (Phi) is 4.04. The molecule has 0 atom stereocenters. The molecule has 5 nitrogen and oxygen atoms in total. The van der Waals surface area contributed by atoms with Crippen LogP contribution in [-0.2, 0) is 9.59 Å². The fourth-order valence-corrected chi connectivity index (χ4v) is 1.93. The largest absolute Gasteiger partial charge is 0.285 e. The van der Waals surface area contributed by atoms with Crippen LogP contribution in [0, 0.1) is 11.3 Å². The Balaban J connectivity index is 2.83. The molecule has 0 aromatic heterocycles. The number of rotatable bonds is 4. The maximum absolute atomic E-state index is 11.9. The minimum Gasteiger partial charge on any atom is -0.285 e. The van der Waals surface area contributed by atoms with Crippen LogP contribution >= 0.6 is 0 Å². The van der Waals surface area contributed by atoms with Gasteiger partial charge in [0, 0.05) is 14.1 Å². The Morgan fingerprint density at radius 1 is 1.29 bits per heavy atom. The molecule has 94 valence electrons. The third kappa shape index (κ3) is 2.54. The first kappa shape index (κ1) is 13.4. The molecule has 0 aliphatic carbocycles. The second kappa shape index (κ2) is 5.12. The van der Waals surface area contributed by atoms with Gasteiger partial charge in [-0.2, -0.15) is 0 Å². The molecular weight excluding hydrogens is 218 g/mol. The summed E-state index contributed by atoms with van der Waals surface area (Å²) in [5, 5.41) is 7.60. The van der Waals surface area contributed by atoms with Crippen molar-refractivity contribution in [2.45, 2.75) is 26.2 Å². The highest BCUT2D eigenvalue weighted by atomic mass is 16.2. The minimum absolute atomic E-state index is 0.0719. The number of allylic oxidation sites excluding steroid dienone is 1. The highest BCUT2D eigenvalue weighted by Gasteiger charge is 2.40. The van der Waals surface area contributed by atoms with Crippen LogP contribution in [0.5, 0.6) is 0 Å². The summed E-state index contributed by atoms with van der Waals surface area (Å²) in [5.41, 5.74) is 0.912. The first-order valence-corrected chi connectivity index (χ1v) is 5.70. The van der Waals surface area contributed by atoms with Gasteiger partial charge in [-0.1, -0.05) is 25.5 Å². The van der Waals surface area contributed by atoms with E-state index in [4.69, 9.17) is 5.41 Å². The number of carbonyl (C=O) groups excluding carboxylic acids is 2. The van der Waals surface area contributed by atoms with Gasteiger partial charge in [-0.15, -0.1) is 0 Å². The van der Waals surface area contributed by atoms with Crippen LogP contribution in [0.1, 0.15) is 26.2 Å². The van der Waals surface area contributed by atoms with E-state index in [2.05, 4.69) is 6.58 Å². The zero-order chi connectivity index (χ0) is 13.2. The van der Waals surface area contributed by atoms with Crippen molar-refractivity contribution in [1.29, 1.82) is 5.41 Å². The number of nitrogens with zero attached hydrogens (tertiary/aromatic N) is 2. The SMILES string of the molecule is C=C(CCC)CC1C(=O)N(C)C(=N)N(C)C1=O. The van der Waals surface area contributed by atoms with Crippen molar-refractivity contribution >= 4 is 17.8 Å². The minimum atomic E-state index is -0.710. The lowest BCUT2D eigenvalue weighted by molar-refractivity contribution is -0.145. The monoisotopic (exact) mass is 237 g/mol. The summed E-state index contributed by atoms with van der Waals surface area (Å²) < 4.78 is 0. The van der Waals surface area contributed by atoms with Gasteiger partial charge in [0.2, 0.25) is 17.8 Å². The molecule has 0 radical (unpaired) electrons. The second-order valence-corrected chi connectivity index (χ2v) is 4.37. The molecule has 1 fully saturated rings. The number of carbonyl (C=O) groups is 2. The van der Waals surface area contributed by atoms with Crippen LogP contribution in [0.4, 0.5) is 0 Å². The normalized spacial score (nSPS) is 21.1. The molecule has 1 saturated heterocycles. The Bertz CT molecular complexity index is 352. The topological polar surface area (TPSA) is 64.5 Å². The molecule has 0 aromatic rings. The summed E-state index contributed by atoms with van der Waals surface area (Å²) in [4.78, 5) is 26.3. The van der Waals surface area contributed by atoms with E-state index in [0.29, 0.717) is 6.42 Å². The summed E-state index contributed by atoms with van der Waals surface area (Å²) in [6.07, 6.45) is 2.16. The van der Waals surface area contributed by atoms with Gasteiger partial charge in [-0.05, 0) is 12.8 Å². The zero-order valence-corrected chi connectivity index (χ0v) is 10.6. The number of guanidine groups is 1. The zero-order valence-electron chi connectivity index (χ0n) is 10.6. The van der Waals surface area contributed by atoms with Gasteiger partial charge in [0.1, 0.15) is 5.92 Å². The van der Waals surface area contributed by atoms with Gasteiger partial charge in [0.25, 0.3) is 0 Å². The fourth-order valence-electron chi connectivity index (χ4n) is 1.93. The smallest absolute Gasteiger partial charge is 0.241 e. The average molecular weight is 237 g/mol. The highest BCUT2D eigenvalue weighted by Crippen LogP contribution is 2.22. The summed E-state index contributed by atoms with van der Waals surface area (Å²) in [5.74, 6) is -1.40. The first-order chi connectivity index (χ1) is 7.90. The summed E-state index contributed by atoms with van der Waals surface area (Å²) in [6, 6.07) is 0. The van der Waals surface area contributed by atoms with Crippen molar-refractivity contribution in [3.05, 3.63) is 12.2 Å². The summed E-state index contributed by atoms with van der Waals surface area (Å²) >= 11 is 0. The molecule has 1 N–H and O–H groups in total. The van der Waals surface area contributed by atoms with Gasteiger partial charge in [0.05, 0.1) is 0 Å². The second-order valence-electron chi connectivity index (χ2n) is 4.37. The molecule has 0 saturated carbocycles. The van der Waals surface area contributed by atoms with Crippen LogP contribution in [-0.4, -0.2) is 41.7 Å². The van der Waals surface area contributed by atoms with Crippen LogP contribution in [0.2, 0.25) is 0 Å². The van der Waals surface area contributed by atoms with Crippen LogP contribution < -0.4 is 0 Å². The molecule has 17 heavy (non-hydrogen) atoms. The average Bonchev–Trinajstić information content (AvgIpc) is 2.30. The van der Waals surface area contributed by atoms with E-state index in [1.165, 1.54) is 23.9 Å². The van der Waals surface area contributed by atoms with Crippen molar-refractivity contribution in [3.63, 3.8) is 0 Å². The maximum atomic E-state index is 11.9. The fraction of sp³-hybridized carbons (Fsp3) is 0.583. The molecular formula is C12H19N3O2. The molecule has 0 bridgehead atoms. The van der Waals surface area contributed by atoms with E-state index >= 15 is 0 Å². The van der Waals surface area contributed by atoms with E-state index in [1.54, 1.807) is 0 Å². The van der Waals surface area contributed by atoms with Crippen LogP contribution in [0.15, 0.2) is 12.2 Å². The van der Waals surface area contributed by atoms with E-state index in [-0.39, 0.29) is 17.8 Å². The molecule has 5 heteroatoms. The highest BCUT2D eigenvalue weighted by molar-refractivity contribution is 6.16. The first-order valence-electron chi connectivity index (χ1n) is 5.70. The summed E-state index contributed by atoms with van der Waals surface area (Å²) in [7, 11) is 3.03. The Hall–Kier alpha value is -1.65. The maximum Gasteiger partial charge on any atom is 0.241 e. The third-order valence-electron chi connectivity index (χ3n) is 2.99. The van der Waals surface area contributed by atoms with Crippen molar-refractivity contribution < 1.29 is 9.59 Å². The number of nitrogens with one attached hydrogen (secondary N) is 1. The molecule has 1 aliphatic heterocycles. The van der Waals surface area contributed by atoms with Crippen molar-refractivity contribution in [2.75, 3.05) is 14.1 Å². The van der Waals surface area contributed by atoms with Gasteiger partial charge in [0.15, 0.2) is 0 Å². The molecule has 2 amide bonds. The third-order valence-corrected chi connectivity index (χ3v) is 2.99. The number of hydrogen-bond donors (Lipinski definition) is 1. The van der Waals surface area contributed by atoms with Gasteiger partial charge in [-0.25, -0.2) is 0 Å². The van der Waals surface area contributed by atoms with Crippen molar-refractivity contribution in [3.8, 4) is 0 Å². The molecule has 0 aromatic carbocycles. The lowest BCUT2D eigenvalue weighted by Gasteiger charge is -2.35. The van der Waals surface area contributed by atoms with Crippen LogP contribution in [0.3, 0.4) is 0 Å². The standard InChI is InChI=1S/C12H19N3O2/c1-5-6-8(2)7-9-10(16)14(3)12(13)15(4)11(9)17/h9,13H,2,5-7H2,1,3-4H3. The van der Waals surface area contributed by atoms with E-state index in [0.717, 1.165) is 18.4 Å². The van der Waals surface area contributed by atoms with Gasteiger partial charge >= 0.3 is 0 Å². The predicted octanol–water partition coefficient (Wildman–Crippen LogP) is 1.21. The molecule has 1 rings (SSSR count). The van der Waals surface area contributed by atoms with Crippen molar-refractivity contribution in [1.82, 2.24) is 9.80 Å². The lowest BCUT2D eigenvalue weighted by Crippen LogP contribution is -2.57. The van der Waals surface area contributed by atoms with Crippen molar-refractivity contribution in [2.24, 2.45) is 5.92 Å². The summed E-state index contributed by atoms with van der Waals surface area (Å²) in [6.45, 7) is 5.91. The van der Waals surface area contributed by atoms with Crippen LogP contribution in [0.25, 0.3) is 0 Å². The van der Waals surface area contributed by atoms with E-state index in [1.807, 2.05) is 6.92 Å². The van der Waals surface area contributed by atoms with Gasteiger partial charge < -0.3 is 0 Å². The van der Waals surface area contributed by atoms with E-state index < -0.39 is 5.92 Å². The Morgan fingerprint density at radius 3 is 2.18 bits per heavy atom. The molecule has 0 spiro atoms. The predicted molar refractivity (Wildman–Crippen MR) is 65.4 cm³/mol. The Labute approximate surface area is 102 Å². The lowest BCUT2D eigenvalue weighted by atomic mass is 9.94. The van der Waals surface area contributed by atoms with Gasteiger partial charge in [-0.3, -0.25) is 24.8 Å².